The first-order chi connectivity index (χ1) is 25.8. The van der Waals surface area contributed by atoms with Crippen molar-refractivity contribution >= 4 is 52.6 Å². The summed E-state index contributed by atoms with van der Waals surface area (Å²) < 4.78 is 0. The number of amides is 3. The molecule has 13 nitrogen and oxygen atoms in total. The maximum atomic E-state index is 12.3. The molecule has 0 aliphatic heterocycles. The molecule has 0 radical (unpaired) electrons. The highest BCUT2D eigenvalue weighted by molar-refractivity contribution is 6.28. The Hall–Kier alpha value is -4.43. The third kappa shape index (κ3) is 20.1. The van der Waals surface area contributed by atoms with Crippen molar-refractivity contribution in [1.29, 1.82) is 0 Å². The monoisotopic (exact) mass is 784 g/mol. The van der Waals surface area contributed by atoms with Gasteiger partial charge in [-0.25, -0.2) is 9.97 Å². The summed E-state index contributed by atoms with van der Waals surface area (Å²) >= 11 is 11.7. The van der Waals surface area contributed by atoms with Crippen LogP contribution in [0.4, 0.5) is 11.6 Å². The van der Waals surface area contributed by atoms with E-state index in [1.165, 1.54) is 11.0 Å². The van der Waals surface area contributed by atoms with Gasteiger partial charge in [0.15, 0.2) is 0 Å². The molecule has 2 rings (SSSR count). The molecule has 4 N–H and O–H groups in total. The van der Waals surface area contributed by atoms with Gasteiger partial charge in [0.05, 0.1) is 11.1 Å². The number of hydrogen-bond acceptors (Lipinski definition) is 10. The van der Waals surface area contributed by atoms with E-state index >= 15 is 0 Å². The van der Waals surface area contributed by atoms with E-state index in [-0.39, 0.29) is 34.2 Å². The van der Waals surface area contributed by atoms with E-state index in [9.17, 15) is 14.4 Å². The van der Waals surface area contributed by atoms with E-state index in [0.717, 1.165) is 44.3 Å². The van der Waals surface area contributed by atoms with Crippen LogP contribution in [0.3, 0.4) is 0 Å². The van der Waals surface area contributed by atoms with Crippen molar-refractivity contribution in [1.82, 2.24) is 40.4 Å². The molecule has 2 atom stereocenters. The number of unbranched alkanes of at least 4 members (excludes halogenated alkanes) is 2. The molecule has 0 spiro atoms. The SMILES string of the molecule is CCCNc1nc(Cl)ncc1C#CCCCNC(=O)[C@H](C)CC.CCCNc1nc(Cl)ncc1C#CCCCNC(=O)[C@H](C)N(C)C(=O)/C=C/CN(C)C. The Labute approximate surface area is 332 Å². The Bertz CT molecular complexity index is 1620. The summed E-state index contributed by atoms with van der Waals surface area (Å²) in [7, 11) is 5.46. The van der Waals surface area contributed by atoms with Crippen LogP contribution in [-0.2, 0) is 14.4 Å². The van der Waals surface area contributed by atoms with Crippen LogP contribution in [0.2, 0.25) is 10.6 Å². The fraction of sp³-hybridized carbons (Fsp3) is 0.564. The number of hydrogen-bond donors (Lipinski definition) is 4. The van der Waals surface area contributed by atoms with Crippen molar-refractivity contribution in [3.63, 3.8) is 0 Å². The lowest BCUT2D eigenvalue weighted by Crippen LogP contribution is -2.45. The maximum absolute atomic E-state index is 12.3. The van der Waals surface area contributed by atoms with Crippen molar-refractivity contribution < 1.29 is 14.4 Å². The lowest BCUT2D eigenvalue weighted by Gasteiger charge is -2.23. The topological polar surface area (TPSA) is 157 Å². The van der Waals surface area contributed by atoms with Gasteiger partial charge >= 0.3 is 0 Å². The van der Waals surface area contributed by atoms with Gasteiger partial charge in [-0.2, -0.15) is 9.97 Å². The van der Waals surface area contributed by atoms with E-state index in [0.29, 0.717) is 56.1 Å². The molecule has 54 heavy (non-hydrogen) atoms. The minimum absolute atomic E-state index is 0.0690. The Morgan fingerprint density at radius 1 is 0.778 bits per heavy atom. The quantitative estimate of drug-likeness (QED) is 0.0629. The van der Waals surface area contributed by atoms with Crippen molar-refractivity contribution in [2.45, 2.75) is 85.6 Å². The molecule has 0 fully saturated rings. The first-order valence-electron chi connectivity index (χ1n) is 18.5. The molecule has 0 bridgehead atoms. The summed E-state index contributed by atoms with van der Waals surface area (Å²) in [5, 5.41) is 12.5. The van der Waals surface area contributed by atoms with Gasteiger partial charge in [0.2, 0.25) is 28.3 Å². The normalized spacial score (nSPS) is 11.5. The highest BCUT2D eigenvalue weighted by Gasteiger charge is 2.20. The Kier molecular flexibility index (Phi) is 24.7. The number of nitrogens with one attached hydrogen (secondary N) is 4. The number of anilines is 2. The lowest BCUT2D eigenvalue weighted by atomic mass is 10.1. The summed E-state index contributed by atoms with van der Waals surface area (Å²) in [6.45, 7) is 13.2. The number of halogens is 2. The molecule has 0 saturated carbocycles. The van der Waals surface area contributed by atoms with Crippen molar-refractivity contribution in [3.8, 4) is 23.7 Å². The van der Waals surface area contributed by atoms with Crippen molar-refractivity contribution in [2.75, 3.05) is 64.5 Å². The standard InChI is InChI=1S/C22H33ClN6O2.C17H25ClN4O/c1-6-13-24-20-18(16-26-22(23)27-20)11-8-7-9-14-25-21(31)17(2)29(5)19(30)12-10-15-28(3)4;1-4-10-19-15-14(12-21-17(18)22-15)9-7-6-8-11-20-16(23)13(3)5-2/h10,12,16-17H,6-7,9,13-15H2,1-5H3,(H,25,31)(H,24,26,27);12-13H,4-6,8,10-11H2,1-3H3,(H,20,23)(H,19,21,22)/b12-10+;/t17-;13-/m01/s1. The maximum Gasteiger partial charge on any atom is 0.246 e. The van der Waals surface area contributed by atoms with Gasteiger partial charge in [-0.3, -0.25) is 14.4 Å². The van der Waals surface area contributed by atoms with Gasteiger partial charge in [-0.1, -0.05) is 57.5 Å². The first-order valence-corrected chi connectivity index (χ1v) is 19.2. The molecule has 15 heteroatoms. The van der Waals surface area contributed by atoms with Crippen molar-refractivity contribution in [2.24, 2.45) is 5.92 Å². The summed E-state index contributed by atoms with van der Waals surface area (Å²) in [5.41, 5.74) is 1.43. The van der Waals surface area contributed by atoms with E-state index in [4.69, 9.17) is 23.2 Å². The fourth-order valence-corrected chi connectivity index (χ4v) is 4.37. The average Bonchev–Trinajstić information content (AvgIpc) is 3.15. The zero-order valence-electron chi connectivity index (χ0n) is 33.1. The number of carbonyl (C=O) groups excluding carboxylic acids is 3. The van der Waals surface area contributed by atoms with Gasteiger partial charge in [0.1, 0.15) is 17.7 Å². The highest BCUT2D eigenvalue weighted by Crippen LogP contribution is 2.14. The van der Waals surface area contributed by atoms with E-state index < -0.39 is 6.04 Å². The van der Waals surface area contributed by atoms with Crippen LogP contribution in [0, 0.1) is 29.6 Å². The molecule has 296 valence electrons. The second kappa shape index (κ2) is 28.1. The summed E-state index contributed by atoms with van der Waals surface area (Å²) in [5.74, 6) is 13.4. The van der Waals surface area contributed by atoms with Crippen LogP contribution in [-0.4, -0.2) is 107 Å². The highest BCUT2D eigenvalue weighted by atomic mass is 35.5. The average molecular weight is 786 g/mol. The molecule has 0 unspecified atom stereocenters. The number of nitrogens with zero attached hydrogens (tertiary/aromatic N) is 6. The zero-order valence-corrected chi connectivity index (χ0v) is 34.6. The molecule has 2 heterocycles. The fourth-order valence-electron chi connectivity index (χ4n) is 4.11. The smallest absolute Gasteiger partial charge is 0.246 e. The molecule has 0 aliphatic carbocycles. The zero-order chi connectivity index (χ0) is 40.3. The van der Waals surface area contributed by atoms with Gasteiger partial charge < -0.3 is 31.1 Å². The van der Waals surface area contributed by atoms with Crippen molar-refractivity contribution in [3.05, 3.63) is 46.2 Å². The number of rotatable bonds is 19. The number of likely N-dealkylation sites (N-methyl/N-ethyl adjacent to an activating group) is 2. The molecule has 2 aromatic rings. The van der Waals surface area contributed by atoms with Crippen LogP contribution in [0.5, 0.6) is 0 Å². The molecule has 0 saturated heterocycles. The predicted molar refractivity (Wildman–Crippen MR) is 219 cm³/mol. The minimum atomic E-state index is -0.555. The second-order valence-corrected chi connectivity index (χ2v) is 13.3. The Morgan fingerprint density at radius 2 is 1.26 bits per heavy atom. The molecule has 2 aromatic heterocycles. The second-order valence-electron chi connectivity index (χ2n) is 12.6. The van der Waals surface area contributed by atoms with E-state index in [1.54, 1.807) is 32.4 Å². The van der Waals surface area contributed by atoms with Gasteiger partial charge in [-0.05, 0) is 76.3 Å². The molecule has 0 aromatic carbocycles. The lowest BCUT2D eigenvalue weighted by molar-refractivity contribution is -0.135. The molecule has 0 aliphatic rings. The number of carbonyl (C=O) groups is 3. The summed E-state index contributed by atoms with van der Waals surface area (Å²) in [4.78, 5) is 55.7. The molecule has 3 amide bonds. The van der Waals surface area contributed by atoms with Gasteiger partial charge in [0, 0.05) is 77.0 Å². The Morgan fingerprint density at radius 3 is 1.70 bits per heavy atom. The minimum Gasteiger partial charge on any atom is -0.369 e. The van der Waals surface area contributed by atoms with Crippen LogP contribution >= 0.6 is 23.2 Å². The molecular formula is C39H58Cl2N10O3. The Balaban J connectivity index is 0.000000564. The molecular weight excluding hydrogens is 727 g/mol. The number of aromatic nitrogens is 4. The summed E-state index contributed by atoms with van der Waals surface area (Å²) in [6, 6.07) is -0.555. The first kappa shape index (κ1) is 47.6. The van der Waals surface area contributed by atoms with Crippen LogP contribution < -0.4 is 21.3 Å². The van der Waals surface area contributed by atoms with E-state index in [1.807, 2.05) is 32.8 Å². The van der Waals surface area contributed by atoms with Crippen LogP contribution in [0.1, 0.15) is 90.7 Å². The van der Waals surface area contributed by atoms with Gasteiger partial charge in [-0.15, -0.1) is 0 Å². The van der Waals surface area contributed by atoms with Crippen LogP contribution in [0.25, 0.3) is 0 Å². The largest absolute Gasteiger partial charge is 0.369 e. The van der Waals surface area contributed by atoms with Crippen LogP contribution in [0.15, 0.2) is 24.5 Å². The third-order valence-electron chi connectivity index (χ3n) is 7.70. The third-order valence-corrected chi connectivity index (χ3v) is 8.07. The van der Waals surface area contributed by atoms with Gasteiger partial charge in [0.25, 0.3) is 0 Å². The van der Waals surface area contributed by atoms with E-state index in [2.05, 4.69) is 78.7 Å². The summed E-state index contributed by atoms with van der Waals surface area (Å²) in [6.07, 6.45) is 12.1. The predicted octanol–water partition coefficient (Wildman–Crippen LogP) is 5.41.